The molecule has 8 rings (SSSR count). The number of hydrogen-bond acceptors (Lipinski definition) is 1. The van der Waals surface area contributed by atoms with Crippen LogP contribution >= 0.6 is 0 Å². The van der Waals surface area contributed by atoms with Crippen LogP contribution in [0.5, 0.6) is 0 Å². The Balaban J connectivity index is 1.08. The zero-order valence-electron chi connectivity index (χ0n) is 31.1. The molecule has 0 saturated carbocycles. The smallest absolute Gasteiger partial charge is 0.0458 e. The van der Waals surface area contributed by atoms with E-state index in [9.17, 15) is 0 Å². The molecule has 3 aliphatic carbocycles. The lowest BCUT2D eigenvalue weighted by Crippen LogP contribution is -2.25. The maximum absolute atomic E-state index is 2.58. The fourth-order valence-corrected chi connectivity index (χ4v) is 9.20. The van der Waals surface area contributed by atoms with E-state index in [0.29, 0.717) is 0 Å². The molecule has 5 aromatic rings. The molecule has 0 fully saturated rings. The van der Waals surface area contributed by atoms with E-state index in [1.54, 1.807) is 22.3 Å². The number of aryl methyl sites for hydroxylation is 2. The van der Waals surface area contributed by atoms with Gasteiger partial charge < -0.3 is 4.90 Å². The van der Waals surface area contributed by atoms with Crippen molar-refractivity contribution < 1.29 is 0 Å². The van der Waals surface area contributed by atoms with E-state index in [2.05, 4.69) is 184 Å². The SMILES string of the molecule is CCC1(CC)C2=C(CCC(/C=C/c3ccc(-c4c(C)cc(C)cc4-c4ccccc4)cc3)=C2)C2=C1C=C(N(c1ccccc1)c1ccccc1)CC2. The summed E-state index contributed by atoms with van der Waals surface area (Å²) in [4.78, 5) is 2.48. The molecule has 0 N–H and O–H groups in total. The normalized spacial score (nSPS) is 16.5. The number of nitrogens with zero attached hydrogens (tertiary/aromatic N) is 1. The molecule has 52 heavy (non-hydrogen) atoms. The Hall–Kier alpha value is -5.40. The Bertz CT molecular complexity index is 2200. The highest BCUT2D eigenvalue weighted by molar-refractivity contribution is 5.86. The molecule has 0 unspecified atom stereocenters. The monoisotopic (exact) mass is 675 g/mol. The first-order valence-electron chi connectivity index (χ1n) is 19.2. The van der Waals surface area contributed by atoms with Gasteiger partial charge >= 0.3 is 0 Å². The fraction of sp³-hybridized carbons (Fsp3) is 0.216. The number of benzene rings is 5. The van der Waals surface area contributed by atoms with E-state index < -0.39 is 0 Å². The number of rotatable bonds is 9. The molecule has 0 aliphatic heterocycles. The number of fused-ring (bicyclic) bond motifs is 1. The van der Waals surface area contributed by atoms with Crippen LogP contribution in [0.4, 0.5) is 11.4 Å². The highest BCUT2D eigenvalue weighted by Crippen LogP contribution is 2.58. The van der Waals surface area contributed by atoms with Gasteiger partial charge in [0.1, 0.15) is 0 Å². The van der Waals surface area contributed by atoms with E-state index >= 15 is 0 Å². The molecule has 3 aliphatic rings. The molecule has 0 heterocycles. The lowest BCUT2D eigenvalue weighted by Gasteiger charge is -2.36. The number of anilines is 2. The molecule has 0 atom stereocenters. The van der Waals surface area contributed by atoms with Crippen molar-refractivity contribution >= 4 is 17.5 Å². The first-order chi connectivity index (χ1) is 25.5. The Kier molecular flexibility index (Phi) is 9.29. The third kappa shape index (κ3) is 6.13. The zero-order valence-corrected chi connectivity index (χ0v) is 31.1. The highest BCUT2D eigenvalue weighted by atomic mass is 15.1. The average molecular weight is 676 g/mol. The molecule has 0 radical (unpaired) electrons. The van der Waals surface area contributed by atoms with E-state index in [4.69, 9.17) is 0 Å². The Morgan fingerprint density at radius 1 is 0.577 bits per heavy atom. The van der Waals surface area contributed by atoms with Gasteiger partial charge in [0.05, 0.1) is 0 Å². The van der Waals surface area contributed by atoms with Crippen molar-refractivity contribution in [3.8, 4) is 22.3 Å². The molecule has 0 amide bonds. The quantitative estimate of drug-likeness (QED) is 0.150. The molecular formula is C51H49N. The topological polar surface area (TPSA) is 3.24 Å². The number of allylic oxidation sites excluding steroid dienone is 9. The Labute approximate surface area is 311 Å². The lowest BCUT2D eigenvalue weighted by atomic mass is 9.69. The molecule has 1 nitrogen and oxygen atoms in total. The third-order valence-electron chi connectivity index (χ3n) is 11.8. The molecule has 5 aromatic carbocycles. The van der Waals surface area contributed by atoms with Crippen LogP contribution in [0.2, 0.25) is 0 Å². The van der Waals surface area contributed by atoms with Gasteiger partial charge in [-0.15, -0.1) is 0 Å². The lowest BCUT2D eigenvalue weighted by molar-refractivity contribution is 0.417. The molecule has 0 saturated heterocycles. The van der Waals surface area contributed by atoms with Crippen molar-refractivity contribution in [2.75, 3.05) is 4.90 Å². The van der Waals surface area contributed by atoms with Crippen LogP contribution in [0.3, 0.4) is 0 Å². The van der Waals surface area contributed by atoms with E-state index in [0.717, 1.165) is 38.5 Å². The van der Waals surface area contributed by atoms with Crippen LogP contribution in [-0.2, 0) is 0 Å². The third-order valence-corrected chi connectivity index (χ3v) is 11.8. The minimum absolute atomic E-state index is 0.0545. The van der Waals surface area contributed by atoms with E-state index in [-0.39, 0.29) is 5.41 Å². The van der Waals surface area contributed by atoms with Crippen molar-refractivity contribution in [2.45, 2.75) is 66.2 Å². The minimum atomic E-state index is 0.0545. The summed E-state index contributed by atoms with van der Waals surface area (Å²) in [6, 6.07) is 46.3. The van der Waals surface area contributed by atoms with Gasteiger partial charge in [0.15, 0.2) is 0 Å². The second kappa shape index (κ2) is 14.3. The van der Waals surface area contributed by atoms with Crippen LogP contribution in [-0.4, -0.2) is 0 Å². The van der Waals surface area contributed by atoms with Crippen molar-refractivity contribution in [2.24, 2.45) is 5.41 Å². The summed E-state index contributed by atoms with van der Waals surface area (Å²) < 4.78 is 0. The minimum Gasteiger partial charge on any atom is -0.314 e. The summed E-state index contributed by atoms with van der Waals surface area (Å²) in [5, 5.41) is 0. The fourth-order valence-electron chi connectivity index (χ4n) is 9.20. The number of para-hydroxylation sites is 2. The Morgan fingerprint density at radius 3 is 1.77 bits per heavy atom. The van der Waals surface area contributed by atoms with Gasteiger partial charge in [0, 0.05) is 22.5 Å². The largest absolute Gasteiger partial charge is 0.314 e. The van der Waals surface area contributed by atoms with Gasteiger partial charge in [0.2, 0.25) is 0 Å². The summed E-state index contributed by atoms with van der Waals surface area (Å²) in [5.41, 5.74) is 20.8. The van der Waals surface area contributed by atoms with Crippen LogP contribution in [0, 0.1) is 19.3 Å². The van der Waals surface area contributed by atoms with Crippen LogP contribution in [0.1, 0.15) is 69.1 Å². The number of hydrogen-bond donors (Lipinski definition) is 0. The summed E-state index contributed by atoms with van der Waals surface area (Å²) in [6.45, 7) is 9.23. The van der Waals surface area contributed by atoms with Crippen LogP contribution in [0.15, 0.2) is 179 Å². The second-order valence-corrected chi connectivity index (χ2v) is 14.8. The van der Waals surface area contributed by atoms with Crippen LogP contribution in [0.25, 0.3) is 28.3 Å². The van der Waals surface area contributed by atoms with Crippen molar-refractivity contribution in [1.29, 1.82) is 0 Å². The van der Waals surface area contributed by atoms with Gasteiger partial charge in [-0.25, -0.2) is 0 Å². The summed E-state index contributed by atoms with van der Waals surface area (Å²) in [5.74, 6) is 0. The van der Waals surface area contributed by atoms with Crippen LogP contribution < -0.4 is 4.90 Å². The van der Waals surface area contributed by atoms with Crippen molar-refractivity contribution in [3.05, 3.63) is 196 Å². The first kappa shape index (κ1) is 33.7. The predicted octanol–water partition coefficient (Wildman–Crippen LogP) is 14.3. The maximum Gasteiger partial charge on any atom is 0.0458 e. The van der Waals surface area contributed by atoms with Gasteiger partial charge in [-0.2, -0.15) is 0 Å². The standard InChI is InChI=1S/C51H49N/c1-5-51(6-2)48-34-39(23-22-38-24-27-41(28-25-38)50-37(4)32-36(3)33-47(50)40-16-10-7-11-17-40)26-30-45(48)46-31-29-44(35-49(46)51)52(42-18-12-8-13-19-42)43-20-14-9-15-21-43/h7-25,27-28,32-35H,5-6,26,29-31H2,1-4H3/b23-22+. The molecule has 1 heteroatoms. The predicted molar refractivity (Wildman–Crippen MR) is 223 cm³/mol. The average Bonchev–Trinajstić information content (AvgIpc) is 3.47. The molecule has 258 valence electrons. The summed E-state index contributed by atoms with van der Waals surface area (Å²) >= 11 is 0. The summed E-state index contributed by atoms with van der Waals surface area (Å²) in [7, 11) is 0. The maximum atomic E-state index is 2.58. The van der Waals surface area contributed by atoms with E-state index in [1.807, 2.05) is 0 Å². The Morgan fingerprint density at radius 2 is 1.15 bits per heavy atom. The highest BCUT2D eigenvalue weighted by Gasteiger charge is 2.44. The molecule has 0 aromatic heterocycles. The molecular weight excluding hydrogens is 627 g/mol. The second-order valence-electron chi connectivity index (χ2n) is 14.8. The van der Waals surface area contributed by atoms with Gasteiger partial charge in [-0.1, -0.05) is 141 Å². The van der Waals surface area contributed by atoms with Gasteiger partial charge in [-0.05, 0) is 144 Å². The molecule has 0 spiro atoms. The zero-order chi connectivity index (χ0) is 35.7. The first-order valence-corrected chi connectivity index (χ1v) is 19.2. The van der Waals surface area contributed by atoms with Gasteiger partial charge in [0.25, 0.3) is 0 Å². The van der Waals surface area contributed by atoms with Crippen molar-refractivity contribution in [3.63, 3.8) is 0 Å². The van der Waals surface area contributed by atoms with Crippen molar-refractivity contribution in [1.82, 2.24) is 0 Å². The van der Waals surface area contributed by atoms with E-state index in [1.165, 1.54) is 61.6 Å². The molecule has 0 bridgehead atoms. The van der Waals surface area contributed by atoms with Gasteiger partial charge in [-0.3, -0.25) is 0 Å². The summed E-state index contributed by atoms with van der Waals surface area (Å²) in [6.07, 6.45) is 16.4.